The van der Waals surface area contributed by atoms with E-state index in [9.17, 15) is 9.00 Å². The van der Waals surface area contributed by atoms with E-state index in [1.54, 1.807) is 30.5 Å². The van der Waals surface area contributed by atoms with Gasteiger partial charge in [-0.25, -0.2) is 0 Å². The molecule has 5 nitrogen and oxygen atoms in total. The second kappa shape index (κ2) is 7.68. The highest BCUT2D eigenvalue weighted by Gasteiger charge is 2.22. The predicted molar refractivity (Wildman–Crippen MR) is 94.2 cm³/mol. The molecule has 1 amide bonds. The number of hydrogen-bond donors (Lipinski definition) is 0. The van der Waals surface area contributed by atoms with Gasteiger partial charge in [0.25, 0.3) is 5.91 Å². The van der Waals surface area contributed by atoms with Crippen LogP contribution in [0.5, 0.6) is 0 Å². The molecule has 0 radical (unpaired) electrons. The zero-order chi connectivity index (χ0) is 16.9. The van der Waals surface area contributed by atoms with E-state index in [0.717, 1.165) is 37.6 Å². The van der Waals surface area contributed by atoms with E-state index in [1.807, 2.05) is 29.4 Å². The van der Waals surface area contributed by atoms with Crippen molar-refractivity contribution in [1.29, 1.82) is 0 Å². The van der Waals surface area contributed by atoms with Crippen molar-refractivity contribution in [3.05, 3.63) is 59.9 Å². The summed E-state index contributed by atoms with van der Waals surface area (Å²) in [5.74, 6) is 0.0481. The van der Waals surface area contributed by atoms with Crippen molar-refractivity contribution in [3.63, 3.8) is 0 Å². The topological polar surface area (TPSA) is 53.5 Å². The Morgan fingerprint density at radius 1 is 1.04 bits per heavy atom. The molecule has 1 atom stereocenters. The molecule has 1 fully saturated rings. The van der Waals surface area contributed by atoms with Gasteiger partial charge in [-0.05, 0) is 42.0 Å². The van der Waals surface area contributed by atoms with E-state index in [4.69, 9.17) is 0 Å². The number of aromatic nitrogens is 1. The van der Waals surface area contributed by atoms with E-state index in [1.165, 1.54) is 5.56 Å². The van der Waals surface area contributed by atoms with Crippen LogP contribution in [0, 0.1) is 0 Å². The van der Waals surface area contributed by atoms with E-state index in [0.29, 0.717) is 5.56 Å². The van der Waals surface area contributed by atoms with E-state index in [2.05, 4.69) is 9.88 Å². The van der Waals surface area contributed by atoms with Gasteiger partial charge in [0.15, 0.2) is 0 Å². The molecular weight excluding hydrogens is 322 g/mol. The smallest absolute Gasteiger partial charge is 0.253 e. The van der Waals surface area contributed by atoms with Crippen molar-refractivity contribution in [1.82, 2.24) is 14.8 Å². The van der Waals surface area contributed by atoms with Gasteiger partial charge in [-0.1, -0.05) is 0 Å². The molecule has 0 saturated carbocycles. The largest absolute Gasteiger partial charge is 0.336 e. The maximum atomic E-state index is 12.6. The molecule has 0 bridgehead atoms. The molecule has 0 N–H and O–H groups in total. The number of nitrogens with zero attached hydrogens (tertiary/aromatic N) is 3. The number of piperazine rings is 1. The Balaban J connectivity index is 1.56. The van der Waals surface area contributed by atoms with E-state index in [-0.39, 0.29) is 5.91 Å². The normalized spacial score (nSPS) is 16.8. The molecule has 1 aliphatic heterocycles. The van der Waals surface area contributed by atoms with Crippen LogP contribution in [0.25, 0.3) is 0 Å². The maximum absolute atomic E-state index is 12.6. The number of carbonyl (C=O) groups is 1. The molecule has 2 heterocycles. The molecule has 0 spiro atoms. The van der Waals surface area contributed by atoms with E-state index < -0.39 is 10.8 Å². The average molecular weight is 343 g/mol. The van der Waals surface area contributed by atoms with Crippen LogP contribution >= 0.6 is 0 Å². The summed E-state index contributed by atoms with van der Waals surface area (Å²) >= 11 is 0. The molecular formula is C18H21N3O2S. The number of hydrogen-bond acceptors (Lipinski definition) is 4. The lowest BCUT2D eigenvalue weighted by atomic mass is 10.1. The van der Waals surface area contributed by atoms with Crippen LogP contribution < -0.4 is 0 Å². The monoisotopic (exact) mass is 343 g/mol. The van der Waals surface area contributed by atoms with Gasteiger partial charge in [0.1, 0.15) is 0 Å². The number of carbonyl (C=O) groups excluding carboxylic acids is 1. The molecule has 1 aliphatic rings. The summed E-state index contributed by atoms with van der Waals surface area (Å²) < 4.78 is 11.4. The van der Waals surface area contributed by atoms with Gasteiger partial charge < -0.3 is 4.90 Å². The lowest BCUT2D eigenvalue weighted by molar-refractivity contribution is 0.0628. The van der Waals surface area contributed by atoms with Gasteiger partial charge in [-0.3, -0.25) is 18.9 Å². The summed E-state index contributed by atoms with van der Waals surface area (Å²) in [6.07, 6.45) is 5.25. The minimum Gasteiger partial charge on any atom is -0.336 e. The first-order valence-electron chi connectivity index (χ1n) is 7.97. The Bertz CT molecular complexity index is 711. The third-order valence-corrected chi connectivity index (χ3v) is 5.18. The lowest BCUT2D eigenvalue weighted by Gasteiger charge is -2.34. The molecule has 1 aromatic carbocycles. The van der Waals surface area contributed by atoms with Gasteiger partial charge in [0, 0.05) is 72.6 Å². The van der Waals surface area contributed by atoms with Crippen LogP contribution in [0.3, 0.4) is 0 Å². The van der Waals surface area contributed by atoms with Gasteiger partial charge in [0.05, 0.1) is 0 Å². The minimum absolute atomic E-state index is 0.0481. The predicted octanol–water partition coefficient (Wildman–Crippen LogP) is 1.78. The molecule has 24 heavy (non-hydrogen) atoms. The van der Waals surface area contributed by atoms with Crippen molar-refractivity contribution in [3.8, 4) is 0 Å². The molecule has 126 valence electrons. The zero-order valence-electron chi connectivity index (χ0n) is 13.7. The van der Waals surface area contributed by atoms with E-state index >= 15 is 0 Å². The summed E-state index contributed by atoms with van der Waals surface area (Å²) in [7, 11) is -1.02. The first kappa shape index (κ1) is 16.8. The Hall–Kier alpha value is -2.05. The highest BCUT2D eigenvalue weighted by Crippen LogP contribution is 2.13. The standard InChI is InChI=1S/C18H21N3O2S/c1-24(23)17-4-2-16(3-5-17)18(22)21-12-10-20(11-13-21)14-15-6-8-19-9-7-15/h2-9H,10-14H2,1H3. The first-order valence-corrected chi connectivity index (χ1v) is 9.53. The third-order valence-electron chi connectivity index (χ3n) is 4.25. The Kier molecular flexibility index (Phi) is 5.37. The Morgan fingerprint density at radius 3 is 2.25 bits per heavy atom. The second-order valence-corrected chi connectivity index (χ2v) is 7.28. The third kappa shape index (κ3) is 4.07. The zero-order valence-corrected chi connectivity index (χ0v) is 14.5. The van der Waals surface area contributed by atoms with Crippen LogP contribution in [-0.2, 0) is 17.3 Å². The number of pyridine rings is 1. The van der Waals surface area contributed by atoms with Crippen LogP contribution in [0.15, 0.2) is 53.7 Å². The summed E-state index contributed by atoms with van der Waals surface area (Å²) in [4.78, 5) is 21.6. The van der Waals surface area contributed by atoms with Crippen LogP contribution in [0.1, 0.15) is 15.9 Å². The average Bonchev–Trinajstić information content (AvgIpc) is 2.63. The van der Waals surface area contributed by atoms with Gasteiger partial charge in [-0.2, -0.15) is 0 Å². The lowest BCUT2D eigenvalue weighted by Crippen LogP contribution is -2.48. The SMILES string of the molecule is CS(=O)c1ccc(C(=O)N2CCN(Cc3ccncc3)CC2)cc1. The van der Waals surface area contributed by atoms with Crippen molar-refractivity contribution in [2.24, 2.45) is 0 Å². The summed E-state index contributed by atoms with van der Waals surface area (Å²) in [6, 6.07) is 11.1. The first-order chi connectivity index (χ1) is 11.6. The quantitative estimate of drug-likeness (QED) is 0.849. The Labute approximate surface area is 144 Å². The number of benzene rings is 1. The molecule has 1 unspecified atom stereocenters. The van der Waals surface area contributed by atoms with Crippen LogP contribution in [0.4, 0.5) is 0 Å². The molecule has 6 heteroatoms. The number of rotatable bonds is 4. The Morgan fingerprint density at radius 2 is 1.67 bits per heavy atom. The van der Waals surface area contributed by atoms with Crippen molar-refractivity contribution >= 4 is 16.7 Å². The second-order valence-electron chi connectivity index (χ2n) is 5.90. The molecule has 3 rings (SSSR count). The highest BCUT2D eigenvalue weighted by molar-refractivity contribution is 7.84. The van der Waals surface area contributed by atoms with Crippen LogP contribution in [0.2, 0.25) is 0 Å². The fraction of sp³-hybridized carbons (Fsp3) is 0.333. The highest BCUT2D eigenvalue weighted by atomic mass is 32.2. The molecule has 1 saturated heterocycles. The van der Waals surface area contributed by atoms with Gasteiger partial charge >= 0.3 is 0 Å². The molecule has 0 aliphatic carbocycles. The van der Waals surface area contributed by atoms with Gasteiger partial charge in [-0.15, -0.1) is 0 Å². The fourth-order valence-corrected chi connectivity index (χ4v) is 3.35. The fourth-order valence-electron chi connectivity index (χ4n) is 2.83. The van der Waals surface area contributed by atoms with Crippen LogP contribution in [-0.4, -0.2) is 57.3 Å². The molecule has 2 aromatic rings. The summed E-state index contributed by atoms with van der Waals surface area (Å²) in [5.41, 5.74) is 1.90. The van der Waals surface area contributed by atoms with Crippen molar-refractivity contribution < 1.29 is 9.00 Å². The minimum atomic E-state index is -1.02. The maximum Gasteiger partial charge on any atom is 0.253 e. The summed E-state index contributed by atoms with van der Waals surface area (Å²) in [5, 5.41) is 0. The number of amides is 1. The molecule has 1 aromatic heterocycles. The van der Waals surface area contributed by atoms with Gasteiger partial charge in [0.2, 0.25) is 0 Å². The summed E-state index contributed by atoms with van der Waals surface area (Å²) in [6.45, 7) is 4.08. The van der Waals surface area contributed by atoms with Crippen molar-refractivity contribution in [2.45, 2.75) is 11.4 Å². The van der Waals surface area contributed by atoms with Crippen molar-refractivity contribution in [2.75, 3.05) is 32.4 Å².